The molecule has 0 N–H and O–H groups in total. The highest BCUT2D eigenvalue weighted by Gasteiger charge is 2.17. The van der Waals surface area contributed by atoms with Crippen LogP contribution in [0.3, 0.4) is 0 Å². The quantitative estimate of drug-likeness (QED) is 0.649. The first-order valence-electron chi connectivity index (χ1n) is 8.36. The van der Waals surface area contributed by atoms with Crippen molar-refractivity contribution in [3.05, 3.63) is 29.1 Å². The third kappa shape index (κ3) is 3.14. The van der Waals surface area contributed by atoms with Crippen LogP contribution >= 0.6 is 11.3 Å². The standard InChI is InChI=1S/C19H23N3O2S/c1-6-22(7-2)18-16-12(3)11-25-19(16)21-17(20-18)13-8-9-14(23-4)15(10-13)24-5/h8-11H,6-7H2,1-5H3. The number of fused-ring (bicyclic) bond motifs is 1. The second-order valence-electron chi connectivity index (χ2n) is 5.71. The maximum absolute atomic E-state index is 5.42. The Hall–Kier alpha value is -2.34. The number of rotatable bonds is 6. The van der Waals surface area contributed by atoms with E-state index in [1.54, 1.807) is 25.6 Å². The van der Waals surface area contributed by atoms with Crippen LogP contribution in [-0.4, -0.2) is 37.3 Å². The number of hydrogen-bond donors (Lipinski definition) is 0. The van der Waals surface area contributed by atoms with Gasteiger partial charge in [-0.15, -0.1) is 11.3 Å². The minimum absolute atomic E-state index is 0.676. The first-order valence-corrected chi connectivity index (χ1v) is 9.24. The van der Waals surface area contributed by atoms with Gasteiger partial charge >= 0.3 is 0 Å². The van der Waals surface area contributed by atoms with Crippen molar-refractivity contribution in [3.63, 3.8) is 0 Å². The van der Waals surface area contributed by atoms with Gasteiger partial charge in [-0.05, 0) is 49.9 Å². The average molecular weight is 357 g/mol. The molecule has 0 fully saturated rings. The summed E-state index contributed by atoms with van der Waals surface area (Å²) < 4.78 is 10.7. The molecule has 0 amide bonds. The Morgan fingerprint density at radius 3 is 2.40 bits per heavy atom. The van der Waals surface area contributed by atoms with Gasteiger partial charge in [0.2, 0.25) is 0 Å². The van der Waals surface area contributed by atoms with Crippen LogP contribution in [0.4, 0.5) is 5.82 Å². The molecule has 1 aromatic carbocycles. The zero-order valence-electron chi connectivity index (χ0n) is 15.3. The summed E-state index contributed by atoms with van der Waals surface area (Å²) in [6, 6.07) is 5.78. The Bertz CT molecular complexity index is 888. The van der Waals surface area contributed by atoms with Gasteiger partial charge in [0, 0.05) is 18.7 Å². The minimum atomic E-state index is 0.676. The van der Waals surface area contributed by atoms with Crippen LogP contribution in [0.1, 0.15) is 19.4 Å². The fourth-order valence-corrected chi connectivity index (χ4v) is 3.83. The van der Waals surface area contributed by atoms with Gasteiger partial charge in [0.15, 0.2) is 17.3 Å². The third-order valence-electron chi connectivity index (χ3n) is 4.30. The number of aryl methyl sites for hydroxylation is 1. The summed E-state index contributed by atoms with van der Waals surface area (Å²) in [5, 5.41) is 3.29. The number of thiophene rings is 1. The Morgan fingerprint density at radius 2 is 1.76 bits per heavy atom. The Morgan fingerprint density at radius 1 is 1.04 bits per heavy atom. The van der Waals surface area contributed by atoms with E-state index in [0.717, 1.165) is 34.7 Å². The number of aromatic nitrogens is 2. The topological polar surface area (TPSA) is 47.5 Å². The molecule has 0 spiro atoms. The number of hydrogen-bond acceptors (Lipinski definition) is 6. The van der Waals surface area contributed by atoms with Crippen molar-refractivity contribution in [1.29, 1.82) is 0 Å². The van der Waals surface area contributed by atoms with Crippen LogP contribution in [0, 0.1) is 6.92 Å². The molecule has 0 bridgehead atoms. The van der Waals surface area contributed by atoms with Crippen molar-refractivity contribution >= 4 is 27.4 Å². The van der Waals surface area contributed by atoms with Gasteiger partial charge in [-0.25, -0.2) is 9.97 Å². The molecule has 0 aliphatic heterocycles. The van der Waals surface area contributed by atoms with E-state index in [9.17, 15) is 0 Å². The highest BCUT2D eigenvalue weighted by Crippen LogP contribution is 2.36. The molecular weight excluding hydrogens is 334 g/mol. The lowest BCUT2D eigenvalue weighted by atomic mass is 10.1. The number of methoxy groups -OCH3 is 2. The van der Waals surface area contributed by atoms with E-state index < -0.39 is 0 Å². The van der Waals surface area contributed by atoms with Crippen LogP contribution in [0.25, 0.3) is 21.6 Å². The third-order valence-corrected chi connectivity index (χ3v) is 5.29. The highest BCUT2D eigenvalue weighted by atomic mass is 32.1. The van der Waals surface area contributed by atoms with Crippen LogP contribution in [0.5, 0.6) is 11.5 Å². The van der Waals surface area contributed by atoms with E-state index in [4.69, 9.17) is 19.4 Å². The largest absolute Gasteiger partial charge is 0.493 e. The molecule has 0 atom stereocenters. The molecule has 2 heterocycles. The van der Waals surface area contributed by atoms with Gasteiger partial charge in [-0.2, -0.15) is 0 Å². The van der Waals surface area contributed by atoms with Crippen LogP contribution in [-0.2, 0) is 0 Å². The molecule has 3 rings (SSSR count). The summed E-state index contributed by atoms with van der Waals surface area (Å²) >= 11 is 1.66. The van der Waals surface area contributed by atoms with Crippen molar-refractivity contribution < 1.29 is 9.47 Å². The predicted molar refractivity (Wildman–Crippen MR) is 104 cm³/mol. The van der Waals surface area contributed by atoms with Crippen LogP contribution in [0.2, 0.25) is 0 Å². The van der Waals surface area contributed by atoms with Gasteiger partial charge in [-0.1, -0.05) is 0 Å². The van der Waals surface area contributed by atoms with Crippen molar-refractivity contribution in [2.45, 2.75) is 20.8 Å². The summed E-state index contributed by atoms with van der Waals surface area (Å²) in [7, 11) is 3.27. The normalized spacial score (nSPS) is 10.9. The maximum atomic E-state index is 5.42. The lowest BCUT2D eigenvalue weighted by molar-refractivity contribution is 0.355. The first-order chi connectivity index (χ1) is 12.1. The molecular formula is C19H23N3O2S. The molecule has 132 valence electrons. The molecule has 5 nitrogen and oxygen atoms in total. The van der Waals surface area contributed by atoms with E-state index >= 15 is 0 Å². The molecule has 2 aromatic heterocycles. The van der Waals surface area contributed by atoms with Crippen LogP contribution < -0.4 is 14.4 Å². The summed E-state index contributed by atoms with van der Waals surface area (Å²) in [5.41, 5.74) is 2.14. The summed E-state index contributed by atoms with van der Waals surface area (Å²) in [6.07, 6.45) is 0. The van der Waals surface area contributed by atoms with Crippen molar-refractivity contribution in [1.82, 2.24) is 9.97 Å². The maximum Gasteiger partial charge on any atom is 0.163 e. The number of nitrogens with zero attached hydrogens (tertiary/aromatic N) is 3. The summed E-state index contributed by atoms with van der Waals surface area (Å²) in [5.74, 6) is 3.08. The molecule has 0 saturated carbocycles. The minimum Gasteiger partial charge on any atom is -0.493 e. The van der Waals surface area contributed by atoms with Crippen molar-refractivity contribution in [2.75, 3.05) is 32.2 Å². The van der Waals surface area contributed by atoms with E-state index in [0.29, 0.717) is 17.3 Å². The molecule has 25 heavy (non-hydrogen) atoms. The molecule has 6 heteroatoms. The Labute approximate surface area is 152 Å². The monoisotopic (exact) mass is 357 g/mol. The fraction of sp³-hybridized carbons (Fsp3) is 0.368. The zero-order valence-corrected chi connectivity index (χ0v) is 16.1. The first kappa shape index (κ1) is 17.5. The van der Waals surface area contributed by atoms with Gasteiger partial charge < -0.3 is 14.4 Å². The Balaban J connectivity index is 2.20. The van der Waals surface area contributed by atoms with Gasteiger partial charge in [0.1, 0.15) is 10.6 Å². The zero-order chi connectivity index (χ0) is 18.0. The van der Waals surface area contributed by atoms with E-state index in [1.165, 1.54) is 5.56 Å². The SMILES string of the molecule is CCN(CC)c1nc(-c2ccc(OC)c(OC)c2)nc2scc(C)c12. The molecule has 0 aliphatic carbocycles. The summed E-state index contributed by atoms with van der Waals surface area (Å²) in [4.78, 5) is 13.0. The molecule has 0 unspecified atom stereocenters. The fourth-order valence-electron chi connectivity index (χ4n) is 2.92. The van der Waals surface area contributed by atoms with Gasteiger partial charge in [-0.3, -0.25) is 0 Å². The second-order valence-corrected chi connectivity index (χ2v) is 6.57. The van der Waals surface area contributed by atoms with E-state index in [2.05, 4.69) is 31.1 Å². The molecule has 0 aliphatic rings. The molecule has 0 radical (unpaired) electrons. The van der Waals surface area contributed by atoms with E-state index in [1.807, 2.05) is 18.2 Å². The highest BCUT2D eigenvalue weighted by molar-refractivity contribution is 7.17. The number of ether oxygens (including phenoxy) is 2. The Kier molecular flexibility index (Phi) is 5.08. The average Bonchev–Trinajstić information content (AvgIpc) is 3.03. The van der Waals surface area contributed by atoms with Crippen molar-refractivity contribution in [2.24, 2.45) is 0 Å². The van der Waals surface area contributed by atoms with Gasteiger partial charge in [0.05, 0.1) is 19.6 Å². The predicted octanol–water partition coefficient (Wildman–Crippen LogP) is 4.53. The molecule has 3 aromatic rings. The van der Waals surface area contributed by atoms with Crippen LogP contribution in [0.15, 0.2) is 23.6 Å². The van der Waals surface area contributed by atoms with Gasteiger partial charge in [0.25, 0.3) is 0 Å². The van der Waals surface area contributed by atoms with E-state index in [-0.39, 0.29) is 0 Å². The number of anilines is 1. The molecule has 0 saturated heterocycles. The second kappa shape index (κ2) is 7.27. The summed E-state index contributed by atoms with van der Waals surface area (Å²) in [6.45, 7) is 8.22. The lowest BCUT2D eigenvalue weighted by Crippen LogP contribution is -2.23. The lowest BCUT2D eigenvalue weighted by Gasteiger charge is -2.21. The van der Waals surface area contributed by atoms with Crippen molar-refractivity contribution in [3.8, 4) is 22.9 Å². The number of benzene rings is 1. The smallest absolute Gasteiger partial charge is 0.163 e.